The average molecular weight is 413 g/mol. The summed E-state index contributed by atoms with van der Waals surface area (Å²) in [6.45, 7) is 0.220. The lowest BCUT2D eigenvalue weighted by atomic mass is 10.2. The normalized spacial score (nSPS) is 11.2. The summed E-state index contributed by atoms with van der Waals surface area (Å²) >= 11 is 7.41. The fourth-order valence-corrected chi connectivity index (χ4v) is 4.08. The van der Waals surface area contributed by atoms with Crippen LogP contribution in [-0.4, -0.2) is 33.4 Å². The number of amides is 1. The molecule has 0 aliphatic carbocycles. The Kier molecular flexibility index (Phi) is 7.37. The molecule has 0 spiro atoms. The van der Waals surface area contributed by atoms with E-state index in [1.54, 1.807) is 36.0 Å². The summed E-state index contributed by atoms with van der Waals surface area (Å²) in [7, 11) is -3.44. The van der Waals surface area contributed by atoms with Crippen molar-refractivity contribution >= 4 is 50.7 Å². The number of nitrogens with one attached hydrogen (secondary N) is 1. The second-order valence-corrected chi connectivity index (χ2v) is 8.85. The van der Waals surface area contributed by atoms with Crippen LogP contribution in [0.5, 0.6) is 0 Å². The van der Waals surface area contributed by atoms with E-state index in [9.17, 15) is 13.2 Å². The summed E-state index contributed by atoms with van der Waals surface area (Å²) in [4.78, 5) is 13.2. The van der Waals surface area contributed by atoms with Gasteiger partial charge < -0.3 is 5.32 Å². The molecule has 0 aromatic heterocycles. The lowest BCUT2D eigenvalue weighted by molar-refractivity contribution is -0.116. The van der Waals surface area contributed by atoms with Crippen LogP contribution in [-0.2, 0) is 14.8 Å². The minimum Gasteiger partial charge on any atom is -0.325 e. The van der Waals surface area contributed by atoms with Crippen molar-refractivity contribution < 1.29 is 13.2 Å². The van der Waals surface area contributed by atoms with E-state index in [1.165, 1.54) is 4.31 Å². The van der Waals surface area contributed by atoms with E-state index in [0.717, 1.165) is 16.8 Å². The molecule has 1 amide bonds. The Morgan fingerprint density at radius 2 is 1.81 bits per heavy atom. The van der Waals surface area contributed by atoms with Crippen LogP contribution >= 0.6 is 23.4 Å². The lowest BCUT2D eigenvalue weighted by Crippen LogP contribution is -2.31. The molecule has 8 heteroatoms. The summed E-state index contributed by atoms with van der Waals surface area (Å²) in [5.74, 6) is -0.143. The number of benzene rings is 2. The third-order valence-electron chi connectivity index (χ3n) is 3.66. The molecule has 2 aromatic rings. The van der Waals surface area contributed by atoms with Gasteiger partial charge in [-0.25, -0.2) is 8.42 Å². The Labute approximate surface area is 163 Å². The Morgan fingerprint density at radius 1 is 1.15 bits per heavy atom. The van der Waals surface area contributed by atoms with E-state index in [1.807, 2.05) is 30.5 Å². The second-order valence-electron chi connectivity index (χ2n) is 5.66. The zero-order chi connectivity index (χ0) is 19.2. The Bertz CT molecular complexity index is 855. The molecule has 5 nitrogen and oxygen atoms in total. The molecule has 0 atom stereocenters. The summed E-state index contributed by atoms with van der Waals surface area (Å²) < 4.78 is 25.4. The van der Waals surface area contributed by atoms with Crippen LogP contribution in [0.15, 0.2) is 53.4 Å². The van der Waals surface area contributed by atoms with Gasteiger partial charge in [0.15, 0.2) is 0 Å². The van der Waals surface area contributed by atoms with Crippen molar-refractivity contribution in [1.82, 2.24) is 0 Å². The largest absolute Gasteiger partial charge is 0.325 e. The second kappa shape index (κ2) is 9.30. The number of hydrogen-bond acceptors (Lipinski definition) is 4. The zero-order valence-electron chi connectivity index (χ0n) is 14.6. The standard InChI is InChI=1S/C18H21ClN2O3S2/c1-25-17-7-4-3-6-16(17)20-18(22)8-5-13-21(26(2,23)24)15-11-9-14(19)10-12-15/h3-4,6-7,9-12H,5,8,13H2,1-2H3,(H,20,22). The van der Waals surface area contributed by atoms with Crippen molar-refractivity contribution in [3.63, 3.8) is 0 Å². The molecule has 2 rings (SSSR count). The van der Waals surface area contributed by atoms with E-state index in [4.69, 9.17) is 11.6 Å². The van der Waals surface area contributed by atoms with Gasteiger partial charge in [0.2, 0.25) is 15.9 Å². The number of halogens is 1. The third kappa shape index (κ3) is 5.93. The highest BCUT2D eigenvalue weighted by atomic mass is 35.5. The monoisotopic (exact) mass is 412 g/mol. The molecule has 2 aromatic carbocycles. The Morgan fingerprint density at radius 3 is 2.42 bits per heavy atom. The van der Waals surface area contributed by atoms with Gasteiger partial charge in [0.1, 0.15) is 0 Å². The highest BCUT2D eigenvalue weighted by molar-refractivity contribution is 7.98. The van der Waals surface area contributed by atoms with Gasteiger partial charge in [0.25, 0.3) is 0 Å². The molecule has 0 radical (unpaired) electrons. The first-order valence-electron chi connectivity index (χ1n) is 7.97. The van der Waals surface area contributed by atoms with Gasteiger partial charge in [-0.05, 0) is 49.1 Å². The maximum absolute atomic E-state index is 12.2. The molecule has 26 heavy (non-hydrogen) atoms. The average Bonchev–Trinajstić information content (AvgIpc) is 2.59. The van der Waals surface area contributed by atoms with Crippen LogP contribution in [0.2, 0.25) is 5.02 Å². The van der Waals surface area contributed by atoms with Gasteiger partial charge in [-0.2, -0.15) is 0 Å². The van der Waals surface area contributed by atoms with Crippen LogP contribution in [0.1, 0.15) is 12.8 Å². The molecule has 0 fully saturated rings. The van der Waals surface area contributed by atoms with E-state index in [-0.39, 0.29) is 18.9 Å². The van der Waals surface area contributed by atoms with Crippen LogP contribution < -0.4 is 9.62 Å². The van der Waals surface area contributed by atoms with Crippen LogP contribution in [0.25, 0.3) is 0 Å². The van der Waals surface area contributed by atoms with Crippen molar-refractivity contribution in [2.75, 3.05) is 28.7 Å². The number of nitrogens with zero attached hydrogens (tertiary/aromatic N) is 1. The van der Waals surface area contributed by atoms with Gasteiger partial charge >= 0.3 is 0 Å². The Hall–Kier alpha value is -1.70. The summed E-state index contributed by atoms with van der Waals surface area (Å²) in [5, 5.41) is 3.41. The molecular weight excluding hydrogens is 392 g/mol. The maximum atomic E-state index is 12.2. The lowest BCUT2D eigenvalue weighted by Gasteiger charge is -2.22. The smallest absolute Gasteiger partial charge is 0.232 e. The van der Waals surface area contributed by atoms with Crippen LogP contribution in [0.4, 0.5) is 11.4 Å². The molecular formula is C18H21ClN2O3S2. The first kappa shape index (κ1) is 20.6. The number of thioether (sulfide) groups is 1. The predicted molar refractivity (Wildman–Crippen MR) is 110 cm³/mol. The van der Waals surface area contributed by atoms with E-state index >= 15 is 0 Å². The number of carbonyl (C=O) groups is 1. The topological polar surface area (TPSA) is 66.5 Å². The van der Waals surface area contributed by atoms with Crippen LogP contribution in [0, 0.1) is 0 Å². The highest BCUT2D eigenvalue weighted by Crippen LogP contribution is 2.25. The van der Waals surface area contributed by atoms with Gasteiger partial charge in [0.05, 0.1) is 17.6 Å². The van der Waals surface area contributed by atoms with Crippen molar-refractivity contribution in [2.45, 2.75) is 17.7 Å². The van der Waals surface area contributed by atoms with Crippen molar-refractivity contribution in [2.24, 2.45) is 0 Å². The number of para-hydroxylation sites is 1. The molecule has 0 bridgehead atoms. The van der Waals surface area contributed by atoms with Gasteiger partial charge in [-0.15, -0.1) is 11.8 Å². The molecule has 0 saturated carbocycles. The first-order chi connectivity index (χ1) is 12.3. The summed E-state index contributed by atoms with van der Waals surface area (Å²) in [6.07, 6.45) is 3.72. The highest BCUT2D eigenvalue weighted by Gasteiger charge is 2.17. The molecule has 0 aliphatic rings. The SMILES string of the molecule is CSc1ccccc1NC(=O)CCCN(c1ccc(Cl)cc1)S(C)(=O)=O. The van der Waals surface area contributed by atoms with E-state index in [0.29, 0.717) is 17.1 Å². The molecule has 140 valence electrons. The summed E-state index contributed by atoms with van der Waals surface area (Å²) in [6, 6.07) is 14.1. The molecule has 0 aliphatic heterocycles. The number of hydrogen-bond donors (Lipinski definition) is 1. The van der Waals surface area contributed by atoms with Crippen molar-refractivity contribution in [1.29, 1.82) is 0 Å². The zero-order valence-corrected chi connectivity index (χ0v) is 17.0. The van der Waals surface area contributed by atoms with Crippen molar-refractivity contribution in [3.05, 3.63) is 53.6 Å². The molecule has 0 unspecified atom stereocenters. The third-order valence-corrected chi connectivity index (χ3v) is 5.90. The van der Waals surface area contributed by atoms with Crippen molar-refractivity contribution in [3.8, 4) is 0 Å². The fraction of sp³-hybridized carbons (Fsp3) is 0.278. The molecule has 1 N–H and O–H groups in total. The van der Waals surface area contributed by atoms with Gasteiger partial charge in [-0.1, -0.05) is 23.7 Å². The van der Waals surface area contributed by atoms with E-state index in [2.05, 4.69) is 5.32 Å². The van der Waals surface area contributed by atoms with Crippen LogP contribution in [0.3, 0.4) is 0 Å². The minimum atomic E-state index is -3.44. The minimum absolute atomic E-state index is 0.143. The van der Waals surface area contributed by atoms with Gasteiger partial charge in [0, 0.05) is 22.9 Å². The fourth-order valence-electron chi connectivity index (χ4n) is 2.44. The quantitative estimate of drug-likeness (QED) is 0.658. The Balaban J connectivity index is 1.97. The van der Waals surface area contributed by atoms with Gasteiger partial charge in [-0.3, -0.25) is 9.10 Å². The number of rotatable bonds is 8. The number of carbonyl (C=O) groups excluding carboxylic acids is 1. The molecule has 0 saturated heterocycles. The number of sulfonamides is 1. The summed E-state index contributed by atoms with van der Waals surface area (Å²) in [5.41, 5.74) is 1.30. The van der Waals surface area contributed by atoms with E-state index < -0.39 is 10.0 Å². The first-order valence-corrected chi connectivity index (χ1v) is 11.4. The maximum Gasteiger partial charge on any atom is 0.232 e. The number of anilines is 2. The predicted octanol–water partition coefficient (Wildman–Crippen LogP) is 4.25. The molecule has 0 heterocycles.